The van der Waals surface area contributed by atoms with Gasteiger partial charge in [0.1, 0.15) is 0 Å². The molecule has 5 nitrogen and oxygen atoms in total. The molecule has 1 heterocycles. The third-order valence-corrected chi connectivity index (χ3v) is 7.00. The van der Waals surface area contributed by atoms with Gasteiger partial charge in [-0.3, -0.25) is 4.79 Å². The summed E-state index contributed by atoms with van der Waals surface area (Å²) in [6.45, 7) is 4.37. The first-order chi connectivity index (χ1) is 13.6. The smallest absolute Gasteiger partial charge is 0.230 e. The second-order valence-electron chi connectivity index (χ2n) is 7.67. The van der Waals surface area contributed by atoms with Crippen molar-refractivity contribution in [1.29, 1.82) is 0 Å². The number of carbonyl (C=O) groups excluding carboxylic acids is 1. The Morgan fingerprint density at radius 1 is 1.11 bits per heavy atom. The number of rotatable bonds is 7. The van der Waals surface area contributed by atoms with Crippen LogP contribution in [0.1, 0.15) is 70.3 Å². The van der Waals surface area contributed by atoms with Crippen molar-refractivity contribution in [3.05, 3.63) is 29.8 Å². The molecule has 0 aliphatic heterocycles. The Kier molecular flexibility index (Phi) is 8.15. The molecule has 0 bridgehead atoms. The molecule has 1 aromatic heterocycles. The molecule has 1 amide bonds. The van der Waals surface area contributed by atoms with Crippen molar-refractivity contribution in [1.82, 2.24) is 15.5 Å². The Balaban J connectivity index is 1.44. The average Bonchev–Trinajstić information content (AvgIpc) is 3.10. The van der Waals surface area contributed by atoms with Crippen molar-refractivity contribution in [3.63, 3.8) is 0 Å². The summed E-state index contributed by atoms with van der Waals surface area (Å²) in [7, 11) is 0. The van der Waals surface area contributed by atoms with E-state index >= 15 is 0 Å². The standard InChI is InChI=1S/C21H30N4OS2/c1-15(2)16-10-12-18(13-11-16)23-20-24-25-21(28-20)27-14-19(26)22-17-8-6-4-3-5-7-9-17/h10-13,15,17H,3-9,14H2,1-2H3,(H,22,26)(H,23,24). The Hall–Kier alpha value is -1.60. The van der Waals surface area contributed by atoms with Gasteiger partial charge in [-0.1, -0.05) is 81.2 Å². The largest absolute Gasteiger partial charge is 0.353 e. The van der Waals surface area contributed by atoms with Crippen LogP contribution in [0.15, 0.2) is 28.6 Å². The van der Waals surface area contributed by atoms with Gasteiger partial charge in [0.05, 0.1) is 5.75 Å². The van der Waals surface area contributed by atoms with Gasteiger partial charge < -0.3 is 10.6 Å². The quantitative estimate of drug-likeness (QED) is 0.562. The zero-order valence-corrected chi connectivity index (χ0v) is 18.4. The second kappa shape index (κ2) is 10.8. The molecule has 1 aromatic carbocycles. The van der Waals surface area contributed by atoms with Crippen molar-refractivity contribution in [3.8, 4) is 0 Å². The predicted octanol–water partition coefficient (Wildman–Crippen LogP) is 5.73. The highest BCUT2D eigenvalue weighted by atomic mass is 32.2. The van der Waals surface area contributed by atoms with Crippen LogP contribution < -0.4 is 10.6 Å². The first-order valence-corrected chi connectivity index (χ1v) is 12.0. The molecule has 0 saturated heterocycles. The molecule has 3 rings (SSSR count). The number of anilines is 2. The molecular formula is C21H30N4OS2. The maximum absolute atomic E-state index is 12.3. The number of nitrogens with one attached hydrogen (secondary N) is 2. The molecule has 1 fully saturated rings. The van der Waals surface area contributed by atoms with Crippen molar-refractivity contribution in [2.24, 2.45) is 0 Å². The monoisotopic (exact) mass is 418 g/mol. The topological polar surface area (TPSA) is 66.9 Å². The molecule has 152 valence electrons. The van der Waals surface area contributed by atoms with E-state index in [1.165, 1.54) is 60.8 Å². The van der Waals surface area contributed by atoms with Gasteiger partial charge in [-0.05, 0) is 36.5 Å². The fourth-order valence-electron chi connectivity index (χ4n) is 3.39. The average molecular weight is 419 g/mol. The van der Waals surface area contributed by atoms with Crippen LogP contribution in [0.3, 0.4) is 0 Å². The van der Waals surface area contributed by atoms with Crippen LogP contribution in [0, 0.1) is 0 Å². The van der Waals surface area contributed by atoms with E-state index in [9.17, 15) is 4.79 Å². The maximum atomic E-state index is 12.3. The number of carbonyl (C=O) groups is 1. The Labute approximate surface area is 176 Å². The minimum atomic E-state index is 0.101. The number of aromatic nitrogens is 2. The SMILES string of the molecule is CC(C)c1ccc(Nc2nnc(SCC(=O)NC3CCCCCCC3)s2)cc1. The van der Waals surface area contributed by atoms with Gasteiger partial charge in [0.2, 0.25) is 11.0 Å². The van der Waals surface area contributed by atoms with Crippen LogP contribution in [-0.4, -0.2) is 27.9 Å². The first-order valence-electron chi connectivity index (χ1n) is 10.2. The molecule has 0 unspecified atom stereocenters. The molecule has 1 saturated carbocycles. The van der Waals surface area contributed by atoms with E-state index in [0.29, 0.717) is 17.7 Å². The lowest BCUT2D eigenvalue weighted by Crippen LogP contribution is -2.36. The molecule has 7 heteroatoms. The number of thioether (sulfide) groups is 1. The van der Waals surface area contributed by atoms with Gasteiger partial charge >= 0.3 is 0 Å². The minimum absolute atomic E-state index is 0.101. The van der Waals surface area contributed by atoms with E-state index < -0.39 is 0 Å². The minimum Gasteiger partial charge on any atom is -0.353 e. The van der Waals surface area contributed by atoms with Crippen LogP contribution in [0.4, 0.5) is 10.8 Å². The second-order valence-corrected chi connectivity index (χ2v) is 9.87. The van der Waals surface area contributed by atoms with Crippen LogP contribution in [0.5, 0.6) is 0 Å². The van der Waals surface area contributed by atoms with Crippen LogP contribution >= 0.6 is 23.1 Å². The van der Waals surface area contributed by atoms with Gasteiger partial charge in [-0.2, -0.15) is 0 Å². The number of nitrogens with zero attached hydrogens (tertiary/aromatic N) is 2. The highest BCUT2D eigenvalue weighted by molar-refractivity contribution is 8.01. The van der Waals surface area contributed by atoms with E-state index in [2.05, 4.69) is 58.9 Å². The van der Waals surface area contributed by atoms with Crippen molar-refractivity contribution < 1.29 is 4.79 Å². The van der Waals surface area contributed by atoms with Crippen LogP contribution in [0.25, 0.3) is 0 Å². The van der Waals surface area contributed by atoms with E-state index in [4.69, 9.17) is 0 Å². The fourth-order valence-corrected chi connectivity index (χ4v) is 4.97. The van der Waals surface area contributed by atoms with E-state index in [1.807, 2.05) is 0 Å². The zero-order valence-electron chi connectivity index (χ0n) is 16.7. The lowest BCUT2D eigenvalue weighted by atomic mass is 9.97. The Morgan fingerprint density at radius 3 is 2.46 bits per heavy atom. The highest BCUT2D eigenvalue weighted by Gasteiger charge is 2.15. The van der Waals surface area contributed by atoms with Gasteiger partial charge in [-0.15, -0.1) is 10.2 Å². The van der Waals surface area contributed by atoms with Crippen molar-refractivity contribution >= 4 is 39.8 Å². The summed E-state index contributed by atoms with van der Waals surface area (Å²) in [4.78, 5) is 12.3. The summed E-state index contributed by atoms with van der Waals surface area (Å²) in [6, 6.07) is 8.72. The predicted molar refractivity (Wildman–Crippen MR) is 119 cm³/mol. The van der Waals surface area contributed by atoms with Crippen LogP contribution in [0.2, 0.25) is 0 Å². The summed E-state index contributed by atoms with van der Waals surface area (Å²) < 4.78 is 0.814. The highest BCUT2D eigenvalue weighted by Crippen LogP contribution is 2.28. The Bertz CT molecular complexity index is 737. The molecule has 28 heavy (non-hydrogen) atoms. The summed E-state index contributed by atoms with van der Waals surface area (Å²) in [5.41, 5.74) is 2.31. The summed E-state index contributed by atoms with van der Waals surface area (Å²) >= 11 is 2.94. The fraction of sp³-hybridized carbons (Fsp3) is 0.571. The van der Waals surface area contributed by atoms with Crippen molar-refractivity contribution in [2.75, 3.05) is 11.1 Å². The number of benzene rings is 1. The van der Waals surface area contributed by atoms with Gasteiger partial charge in [0.25, 0.3) is 0 Å². The molecule has 0 atom stereocenters. The number of amides is 1. The van der Waals surface area contributed by atoms with Crippen molar-refractivity contribution in [2.45, 2.75) is 75.1 Å². The van der Waals surface area contributed by atoms with E-state index in [1.54, 1.807) is 0 Å². The molecule has 2 aromatic rings. The first kappa shape index (κ1) is 21.1. The zero-order chi connectivity index (χ0) is 19.8. The molecular weight excluding hydrogens is 388 g/mol. The summed E-state index contributed by atoms with van der Waals surface area (Å²) in [5.74, 6) is 1.02. The molecule has 0 radical (unpaired) electrons. The van der Waals surface area contributed by atoms with Gasteiger partial charge in [-0.25, -0.2) is 0 Å². The van der Waals surface area contributed by atoms with Gasteiger partial charge in [0.15, 0.2) is 4.34 Å². The summed E-state index contributed by atoms with van der Waals surface area (Å²) in [5, 5.41) is 15.6. The third kappa shape index (κ3) is 6.78. The van der Waals surface area contributed by atoms with Crippen LogP contribution in [-0.2, 0) is 4.79 Å². The Morgan fingerprint density at radius 2 is 1.79 bits per heavy atom. The maximum Gasteiger partial charge on any atom is 0.230 e. The molecule has 0 spiro atoms. The van der Waals surface area contributed by atoms with E-state index in [0.717, 1.165) is 28.0 Å². The molecule has 1 aliphatic carbocycles. The third-order valence-electron chi connectivity index (χ3n) is 5.03. The molecule has 1 aliphatic rings. The lowest BCUT2D eigenvalue weighted by molar-refractivity contribution is -0.119. The lowest BCUT2D eigenvalue weighted by Gasteiger charge is -2.20. The number of hydrogen-bond acceptors (Lipinski definition) is 6. The summed E-state index contributed by atoms with van der Waals surface area (Å²) in [6.07, 6.45) is 8.59. The molecule has 2 N–H and O–H groups in total. The van der Waals surface area contributed by atoms with Gasteiger partial charge in [0, 0.05) is 11.7 Å². The number of hydrogen-bond donors (Lipinski definition) is 2. The normalized spacial score (nSPS) is 15.8. The van der Waals surface area contributed by atoms with E-state index in [-0.39, 0.29) is 5.91 Å².